The van der Waals surface area contributed by atoms with Gasteiger partial charge in [-0.15, -0.1) is 11.2 Å². The van der Waals surface area contributed by atoms with Crippen LogP contribution in [0.4, 0.5) is 0 Å². The Morgan fingerprint density at radius 1 is 1.21 bits per heavy atom. The summed E-state index contributed by atoms with van der Waals surface area (Å²) in [5.74, 6) is 0. The van der Waals surface area contributed by atoms with Gasteiger partial charge in [0.05, 0.1) is 0 Å². The minimum Gasteiger partial charge on any atom is -0.389 e. The molecule has 0 aliphatic carbocycles. The lowest BCUT2D eigenvalue weighted by atomic mass is 10.3. The summed E-state index contributed by atoms with van der Waals surface area (Å²) in [6.45, 7) is 4.36. The van der Waals surface area contributed by atoms with Gasteiger partial charge in [0, 0.05) is 39.7 Å². The van der Waals surface area contributed by atoms with E-state index in [1.165, 1.54) is 6.42 Å². The standard InChI is InChI=1S/C11H26NO4SSi2/c1-11(17-18(13-2)14-3)7-9-12-8-6-10-19(12,15-4)16-5/h11H,6-10H2,1-5H3. The van der Waals surface area contributed by atoms with Crippen LogP contribution in [0.5, 0.6) is 0 Å². The minimum atomic E-state index is -2.06. The van der Waals surface area contributed by atoms with E-state index in [0.29, 0.717) is 5.25 Å². The molecule has 0 aromatic heterocycles. The van der Waals surface area contributed by atoms with Crippen LogP contribution in [-0.2, 0) is 17.7 Å². The maximum atomic E-state index is 5.71. The van der Waals surface area contributed by atoms with E-state index < -0.39 is 17.2 Å². The van der Waals surface area contributed by atoms with E-state index in [9.17, 15) is 0 Å². The highest BCUT2D eigenvalue weighted by molar-refractivity contribution is 8.24. The molecule has 1 heterocycles. The number of nitrogens with zero attached hydrogens (tertiary/aromatic N) is 1. The van der Waals surface area contributed by atoms with Crippen molar-refractivity contribution in [3.05, 3.63) is 0 Å². The lowest BCUT2D eigenvalue weighted by Crippen LogP contribution is -2.53. The summed E-state index contributed by atoms with van der Waals surface area (Å²) < 4.78 is 24.5. The number of hydrogen-bond donors (Lipinski definition) is 0. The Hall–Kier alpha value is 0.584. The lowest BCUT2D eigenvalue weighted by Gasteiger charge is -2.32. The van der Waals surface area contributed by atoms with Gasteiger partial charge < -0.3 is 17.7 Å². The van der Waals surface area contributed by atoms with Crippen molar-refractivity contribution in [2.24, 2.45) is 0 Å². The van der Waals surface area contributed by atoms with Crippen molar-refractivity contribution < 1.29 is 17.7 Å². The topological polar surface area (TPSA) is 40.2 Å². The second-order valence-corrected chi connectivity index (χ2v) is 12.0. The molecular weight excluding hydrogens is 298 g/mol. The first kappa shape index (κ1) is 17.6. The molecule has 8 heteroatoms. The Balaban J connectivity index is 2.39. The zero-order valence-corrected chi connectivity index (χ0v) is 15.4. The Bertz CT molecular complexity index is 255. The molecule has 0 amide bonds. The highest BCUT2D eigenvalue weighted by Gasteiger charge is 2.47. The monoisotopic (exact) mass is 324 g/mol. The van der Waals surface area contributed by atoms with E-state index in [0.717, 1.165) is 25.6 Å². The first-order chi connectivity index (χ1) is 9.11. The van der Waals surface area contributed by atoms with Crippen molar-refractivity contribution in [1.82, 2.24) is 4.57 Å². The van der Waals surface area contributed by atoms with Crippen LogP contribution in [0, 0.1) is 0 Å². The van der Waals surface area contributed by atoms with E-state index >= 15 is 0 Å². The van der Waals surface area contributed by atoms with Crippen LogP contribution in [-0.4, -0.2) is 68.5 Å². The van der Waals surface area contributed by atoms with Crippen LogP contribution in [0.3, 0.4) is 0 Å². The average molecular weight is 325 g/mol. The highest BCUT2D eigenvalue weighted by atomic mass is 32.4. The first-order valence-corrected chi connectivity index (χ1v) is 11.5. The zero-order valence-electron chi connectivity index (χ0n) is 12.6. The molecule has 113 valence electrons. The average Bonchev–Trinajstić information content (AvgIpc) is 2.85. The number of hydrogen-bond acceptors (Lipinski definition) is 6. The summed E-state index contributed by atoms with van der Waals surface area (Å²) in [6.07, 6.45) is 2.29. The molecule has 0 N–H and O–H groups in total. The van der Waals surface area contributed by atoms with Crippen molar-refractivity contribution >= 4 is 28.4 Å². The zero-order chi connectivity index (χ0) is 14.3. The molecule has 1 rings (SSSR count). The predicted molar refractivity (Wildman–Crippen MR) is 82.2 cm³/mol. The van der Waals surface area contributed by atoms with Crippen molar-refractivity contribution in [2.75, 3.05) is 41.5 Å². The predicted octanol–water partition coefficient (Wildman–Crippen LogP) is 1.71. The van der Waals surface area contributed by atoms with Crippen LogP contribution in [0.25, 0.3) is 0 Å². The van der Waals surface area contributed by atoms with Gasteiger partial charge in [-0.1, -0.05) is 6.92 Å². The van der Waals surface area contributed by atoms with Gasteiger partial charge in [0.1, 0.15) is 0 Å². The first-order valence-electron chi connectivity index (χ1n) is 6.58. The molecule has 0 spiro atoms. The minimum absolute atomic E-state index is 0.523. The maximum absolute atomic E-state index is 5.71. The van der Waals surface area contributed by atoms with Crippen LogP contribution >= 0.6 is 11.2 Å². The summed E-state index contributed by atoms with van der Waals surface area (Å²) in [4.78, 5) is 0. The van der Waals surface area contributed by atoms with Crippen molar-refractivity contribution in [3.63, 3.8) is 0 Å². The molecule has 1 aliphatic rings. The molecule has 0 aromatic rings. The van der Waals surface area contributed by atoms with Crippen molar-refractivity contribution in [1.29, 1.82) is 0 Å². The molecule has 19 heavy (non-hydrogen) atoms. The Morgan fingerprint density at radius 3 is 2.37 bits per heavy atom. The van der Waals surface area contributed by atoms with Crippen molar-refractivity contribution in [2.45, 2.75) is 31.1 Å². The molecule has 1 unspecified atom stereocenters. The molecule has 1 radical (unpaired) electrons. The second kappa shape index (κ2) is 8.78. The fraction of sp³-hybridized carbons (Fsp3) is 1.00. The highest BCUT2D eigenvalue weighted by Crippen LogP contribution is 2.28. The molecule has 1 atom stereocenters. The smallest absolute Gasteiger partial charge is 0.389 e. The van der Waals surface area contributed by atoms with Crippen molar-refractivity contribution in [3.8, 4) is 0 Å². The number of rotatable bonds is 9. The van der Waals surface area contributed by atoms with Crippen LogP contribution < -0.4 is 0 Å². The van der Waals surface area contributed by atoms with Gasteiger partial charge in [0.2, 0.25) is 0 Å². The van der Waals surface area contributed by atoms with Gasteiger partial charge in [-0.3, -0.25) is 4.57 Å². The van der Waals surface area contributed by atoms with E-state index in [1.54, 1.807) is 28.4 Å². The SMILES string of the molecule is CO[Si](OC)SC(C)CCN1CCC[Si]1(OC)OC. The lowest BCUT2D eigenvalue weighted by molar-refractivity contribution is 0.182. The van der Waals surface area contributed by atoms with Gasteiger partial charge in [-0.05, 0) is 25.9 Å². The van der Waals surface area contributed by atoms with E-state index in [2.05, 4.69) is 11.5 Å². The van der Waals surface area contributed by atoms with Gasteiger partial charge in [0.15, 0.2) is 0 Å². The quantitative estimate of drug-likeness (QED) is 0.601. The normalized spacial score (nSPS) is 21.2. The van der Waals surface area contributed by atoms with Gasteiger partial charge in [0.25, 0.3) is 0 Å². The van der Waals surface area contributed by atoms with Crippen LogP contribution in [0.2, 0.25) is 6.04 Å². The van der Waals surface area contributed by atoms with Crippen LogP contribution in [0.1, 0.15) is 19.8 Å². The molecule has 1 fully saturated rings. The summed E-state index contributed by atoms with van der Waals surface area (Å²) >= 11 is 1.81. The molecule has 5 nitrogen and oxygen atoms in total. The fourth-order valence-corrected chi connectivity index (χ4v) is 8.20. The summed E-state index contributed by atoms with van der Waals surface area (Å²) in [5.41, 5.74) is 0. The molecule has 0 aromatic carbocycles. The Kier molecular flexibility index (Phi) is 8.15. The molecule has 0 bridgehead atoms. The fourth-order valence-electron chi connectivity index (χ4n) is 2.39. The second-order valence-electron chi connectivity index (χ2n) is 4.59. The largest absolute Gasteiger partial charge is 0.463 e. The maximum Gasteiger partial charge on any atom is 0.463 e. The van der Waals surface area contributed by atoms with E-state index in [1.807, 2.05) is 11.2 Å². The van der Waals surface area contributed by atoms with Crippen LogP contribution in [0.15, 0.2) is 0 Å². The van der Waals surface area contributed by atoms with Gasteiger partial charge in [-0.2, -0.15) is 0 Å². The van der Waals surface area contributed by atoms with Gasteiger partial charge in [-0.25, -0.2) is 0 Å². The third-order valence-electron chi connectivity index (χ3n) is 3.48. The Labute approximate surface area is 123 Å². The molecule has 1 saturated heterocycles. The Morgan fingerprint density at radius 2 is 1.84 bits per heavy atom. The summed E-state index contributed by atoms with van der Waals surface area (Å²) in [7, 11) is 3.77. The molecule has 1 aliphatic heterocycles. The molecule has 0 saturated carbocycles. The van der Waals surface area contributed by atoms with Gasteiger partial charge >= 0.3 is 17.2 Å². The summed E-state index contributed by atoms with van der Waals surface area (Å²) in [5, 5.41) is 0.523. The van der Waals surface area contributed by atoms with E-state index in [-0.39, 0.29) is 0 Å². The summed E-state index contributed by atoms with van der Waals surface area (Å²) in [6, 6.07) is 1.08. The third-order valence-corrected chi connectivity index (χ3v) is 11.4. The molecular formula is C11H26NO4SSi2. The third kappa shape index (κ3) is 4.81. The van der Waals surface area contributed by atoms with E-state index in [4.69, 9.17) is 17.7 Å².